The number of benzene rings is 9. The summed E-state index contributed by atoms with van der Waals surface area (Å²) in [5.41, 5.74) is 7.79. The Bertz CT molecular complexity index is 2660. The molecule has 0 atom stereocenters. The molecular formula is C57H46Si2. The molecule has 0 saturated carbocycles. The van der Waals surface area contributed by atoms with Crippen LogP contribution in [0.1, 0.15) is 25.0 Å². The Morgan fingerprint density at radius 2 is 0.525 bits per heavy atom. The van der Waals surface area contributed by atoms with Crippen LogP contribution >= 0.6 is 0 Å². The molecule has 0 aliphatic heterocycles. The van der Waals surface area contributed by atoms with E-state index in [1.165, 1.54) is 74.9 Å². The van der Waals surface area contributed by atoms with Crippen LogP contribution in [-0.2, 0) is 5.41 Å². The highest BCUT2D eigenvalue weighted by Gasteiger charge is 2.44. The minimum absolute atomic E-state index is 0.184. The van der Waals surface area contributed by atoms with E-state index in [-0.39, 0.29) is 5.41 Å². The van der Waals surface area contributed by atoms with Gasteiger partial charge in [0.15, 0.2) is 16.1 Å². The van der Waals surface area contributed by atoms with Gasteiger partial charge in [-0.05, 0) is 80.9 Å². The Balaban J connectivity index is 1.08. The summed E-state index contributed by atoms with van der Waals surface area (Å²) in [6, 6.07) is 91.4. The summed E-state index contributed by atoms with van der Waals surface area (Å²) in [6.07, 6.45) is 0. The summed E-state index contributed by atoms with van der Waals surface area (Å²) in [4.78, 5) is 0. The van der Waals surface area contributed by atoms with Crippen LogP contribution in [-0.4, -0.2) is 16.1 Å². The van der Waals surface area contributed by atoms with E-state index in [9.17, 15) is 0 Å². The molecule has 0 saturated heterocycles. The zero-order chi connectivity index (χ0) is 39.9. The molecule has 0 bridgehead atoms. The monoisotopic (exact) mass is 786 g/mol. The van der Waals surface area contributed by atoms with Crippen molar-refractivity contribution in [1.29, 1.82) is 0 Å². The topological polar surface area (TPSA) is 0 Å². The fraction of sp³-hybridized carbons (Fsp3) is 0.0526. The SMILES string of the molecule is CC1(C)c2cc(-c3ccc([Si](c4ccccc4)(c4ccccc4)c4ccccc4)cc3)ccc2-c2ccc([Si](c3ccccc3)(c3ccccc3)c3ccccc3)cc21. The fourth-order valence-electron chi connectivity index (χ4n) is 10.2. The van der Waals surface area contributed by atoms with Crippen molar-refractivity contribution in [2.45, 2.75) is 19.3 Å². The van der Waals surface area contributed by atoms with Gasteiger partial charge < -0.3 is 0 Å². The molecule has 0 nitrogen and oxygen atoms in total. The van der Waals surface area contributed by atoms with Crippen LogP contribution in [0.3, 0.4) is 0 Å². The number of hydrogen-bond acceptors (Lipinski definition) is 0. The lowest BCUT2D eigenvalue weighted by molar-refractivity contribution is 0.661. The molecular weight excluding hydrogens is 741 g/mol. The first-order valence-corrected chi connectivity index (χ1v) is 24.8. The first kappa shape index (κ1) is 36.7. The van der Waals surface area contributed by atoms with Gasteiger partial charge in [-0.3, -0.25) is 0 Å². The highest BCUT2D eigenvalue weighted by Crippen LogP contribution is 2.49. The Morgan fingerprint density at radius 3 is 0.898 bits per heavy atom. The Labute approximate surface area is 351 Å². The average molecular weight is 787 g/mol. The van der Waals surface area contributed by atoms with Crippen molar-refractivity contribution in [1.82, 2.24) is 0 Å². The molecule has 59 heavy (non-hydrogen) atoms. The van der Waals surface area contributed by atoms with Gasteiger partial charge in [-0.1, -0.05) is 250 Å². The van der Waals surface area contributed by atoms with Crippen molar-refractivity contribution in [3.05, 3.63) is 254 Å². The zero-order valence-corrected chi connectivity index (χ0v) is 35.6. The van der Waals surface area contributed by atoms with E-state index in [0.717, 1.165) is 0 Å². The van der Waals surface area contributed by atoms with Crippen molar-refractivity contribution in [2.75, 3.05) is 0 Å². The lowest BCUT2D eigenvalue weighted by atomic mass is 9.81. The van der Waals surface area contributed by atoms with Gasteiger partial charge in [0.2, 0.25) is 0 Å². The first-order chi connectivity index (χ1) is 29.0. The number of hydrogen-bond donors (Lipinski definition) is 0. The predicted molar refractivity (Wildman–Crippen MR) is 257 cm³/mol. The van der Waals surface area contributed by atoms with E-state index < -0.39 is 16.1 Å². The quantitative estimate of drug-likeness (QED) is 0.102. The van der Waals surface area contributed by atoms with Gasteiger partial charge in [-0.25, -0.2) is 0 Å². The summed E-state index contributed by atoms with van der Waals surface area (Å²) in [6.45, 7) is 4.84. The van der Waals surface area contributed by atoms with Crippen molar-refractivity contribution < 1.29 is 0 Å². The predicted octanol–water partition coefficient (Wildman–Crippen LogP) is 8.41. The number of rotatable bonds is 9. The molecule has 0 N–H and O–H groups in total. The largest absolute Gasteiger partial charge is 0.179 e. The van der Waals surface area contributed by atoms with Crippen molar-refractivity contribution in [2.24, 2.45) is 0 Å². The second kappa shape index (κ2) is 15.0. The van der Waals surface area contributed by atoms with E-state index in [1.807, 2.05) is 0 Å². The number of fused-ring (bicyclic) bond motifs is 3. The highest BCUT2D eigenvalue weighted by atomic mass is 28.3. The van der Waals surface area contributed by atoms with Crippen LogP contribution in [0.5, 0.6) is 0 Å². The fourth-order valence-corrected chi connectivity index (χ4v) is 19.7. The smallest absolute Gasteiger partial charge is 0.0623 e. The molecule has 9 aromatic rings. The van der Waals surface area contributed by atoms with E-state index >= 15 is 0 Å². The first-order valence-electron chi connectivity index (χ1n) is 20.8. The van der Waals surface area contributed by atoms with E-state index in [2.05, 4.69) is 257 Å². The van der Waals surface area contributed by atoms with Gasteiger partial charge in [0, 0.05) is 5.41 Å². The molecule has 282 valence electrons. The maximum atomic E-state index is 2.57. The second-order valence-corrected chi connectivity index (χ2v) is 24.0. The molecule has 10 rings (SSSR count). The van der Waals surface area contributed by atoms with Gasteiger partial charge in [0.1, 0.15) is 0 Å². The molecule has 0 fully saturated rings. The molecule has 0 amide bonds. The molecule has 0 spiro atoms. The average Bonchev–Trinajstić information content (AvgIpc) is 3.54. The zero-order valence-electron chi connectivity index (χ0n) is 33.6. The lowest BCUT2D eigenvalue weighted by Gasteiger charge is -2.35. The third-order valence-corrected chi connectivity index (χ3v) is 22.6. The van der Waals surface area contributed by atoms with E-state index in [0.29, 0.717) is 0 Å². The van der Waals surface area contributed by atoms with Gasteiger partial charge >= 0.3 is 0 Å². The van der Waals surface area contributed by atoms with Gasteiger partial charge in [-0.15, -0.1) is 0 Å². The van der Waals surface area contributed by atoms with Crippen LogP contribution in [0.2, 0.25) is 0 Å². The summed E-state index contributed by atoms with van der Waals surface area (Å²) >= 11 is 0. The molecule has 1 aliphatic rings. The molecule has 1 aliphatic carbocycles. The standard InChI is InChI=1S/C57H46Si2/c1-57(2)55-41-44(43-33-36-51(37-34-43)58(45-21-9-3-10-22-45,46-23-11-4-12-24-46)47-25-13-5-14-26-47)35-39-53(55)54-40-38-52(42-56(54)57)59(48-27-15-6-16-28-48,49-29-17-7-18-30-49)50-31-19-8-20-32-50/h3-42H,1-2H3. The van der Waals surface area contributed by atoms with Gasteiger partial charge in [0.25, 0.3) is 0 Å². The molecule has 0 heterocycles. The van der Waals surface area contributed by atoms with Crippen LogP contribution in [0, 0.1) is 0 Å². The minimum Gasteiger partial charge on any atom is -0.0623 e. The van der Waals surface area contributed by atoms with Crippen LogP contribution < -0.4 is 41.5 Å². The van der Waals surface area contributed by atoms with E-state index in [1.54, 1.807) is 0 Å². The summed E-state index contributed by atoms with van der Waals surface area (Å²) in [7, 11) is -5.26. The van der Waals surface area contributed by atoms with Crippen LogP contribution in [0.15, 0.2) is 243 Å². The molecule has 0 radical (unpaired) electrons. The van der Waals surface area contributed by atoms with E-state index in [4.69, 9.17) is 0 Å². The van der Waals surface area contributed by atoms with Gasteiger partial charge in [-0.2, -0.15) is 0 Å². The molecule has 0 aromatic heterocycles. The van der Waals surface area contributed by atoms with Gasteiger partial charge in [0.05, 0.1) is 0 Å². The summed E-state index contributed by atoms with van der Waals surface area (Å²) in [5, 5.41) is 11.2. The summed E-state index contributed by atoms with van der Waals surface area (Å²) < 4.78 is 0. The van der Waals surface area contributed by atoms with Crippen molar-refractivity contribution in [3.8, 4) is 22.3 Å². The Hall–Kier alpha value is -6.59. The molecule has 2 heteroatoms. The van der Waals surface area contributed by atoms with Crippen LogP contribution in [0.25, 0.3) is 22.3 Å². The lowest BCUT2D eigenvalue weighted by Crippen LogP contribution is -2.74. The highest BCUT2D eigenvalue weighted by molar-refractivity contribution is 7.20. The van der Waals surface area contributed by atoms with Crippen LogP contribution in [0.4, 0.5) is 0 Å². The second-order valence-electron chi connectivity index (χ2n) is 16.4. The van der Waals surface area contributed by atoms with Crippen molar-refractivity contribution >= 4 is 57.6 Å². The third-order valence-electron chi connectivity index (χ3n) is 13.0. The summed E-state index contributed by atoms with van der Waals surface area (Å²) in [5.74, 6) is 0. The Kier molecular flexibility index (Phi) is 9.32. The minimum atomic E-state index is -2.66. The third kappa shape index (κ3) is 5.94. The normalized spacial score (nSPS) is 13.1. The molecule has 9 aromatic carbocycles. The Morgan fingerprint density at radius 1 is 0.254 bits per heavy atom. The maximum Gasteiger partial charge on any atom is 0.179 e. The maximum absolute atomic E-state index is 2.66. The van der Waals surface area contributed by atoms with Crippen molar-refractivity contribution in [3.63, 3.8) is 0 Å². The molecule has 0 unspecified atom stereocenters.